The zero-order valence-electron chi connectivity index (χ0n) is 29.5. The second-order valence-electron chi connectivity index (χ2n) is 11.6. The molecule has 18 heteroatoms. The molecular weight excluding hydrogens is 697 g/mol. The number of carbonyl (C=O) groups is 2. The van der Waals surface area contributed by atoms with Gasteiger partial charge < -0.3 is 39.4 Å². The molecule has 0 fully saturated rings. The first-order valence-corrected chi connectivity index (χ1v) is 18.3. The van der Waals surface area contributed by atoms with Gasteiger partial charge in [-0.2, -0.15) is 9.97 Å². The fourth-order valence-corrected chi connectivity index (χ4v) is 6.95. The third kappa shape index (κ3) is 11.3. The number of nitrogens with zero attached hydrogens (tertiary/aromatic N) is 4. The van der Waals surface area contributed by atoms with E-state index in [-0.39, 0.29) is 50.3 Å². The van der Waals surface area contributed by atoms with Crippen molar-refractivity contribution >= 4 is 36.7 Å². The molecule has 2 heterocycles. The molecule has 3 unspecified atom stereocenters. The number of imidazole rings is 1. The summed E-state index contributed by atoms with van der Waals surface area (Å²) in [5.41, 5.74) is 7.86. The number of methoxy groups -OCH3 is 1. The first kappa shape index (κ1) is 40.3. The molecule has 17 nitrogen and oxygen atoms in total. The molecule has 0 aliphatic heterocycles. The third-order valence-electron chi connectivity index (χ3n) is 7.73. The van der Waals surface area contributed by atoms with Crippen molar-refractivity contribution in [2.24, 2.45) is 0 Å². The van der Waals surface area contributed by atoms with Crippen molar-refractivity contribution in [2.75, 3.05) is 32.7 Å². The van der Waals surface area contributed by atoms with Gasteiger partial charge in [0.1, 0.15) is 31.0 Å². The van der Waals surface area contributed by atoms with Crippen molar-refractivity contribution in [3.05, 3.63) is 78.1 Å². The van der Waals surface area contributed by atoms with E-state index in [0.717, 1.165) is 11.1 Å². The molecule has 0 aliphatic carbocycles. The van der Waals surface area contributed by atoms with Crippen LogP contribution in [0.1, 0.15) is 31.9 Å². The van der Waals surface area contributed by atoms with Crippen LogP contribution in [0.3, 0.4) is 0 Å². The second kappa shape index (κ2) is 19.4. The van der Waals surface area contributed by atoms with Gasteiger partial charge in [0, 0.05) is 0 Å². The topological polar surface area (TPSA) is 232 Å². The number of ether oxygens (including phenoxy) is 4. The molecule has 2 aromatic carbocycles. The molecule has 52 heavy (non-hydrogen) atoms. The quantitative estimate of drug-likeness (QED) is 0.0608. The highest BCUT2D eigenvalue weighted by Gasteiger charge is 2.38. The number of nitrogen functional groups attached to an aromatic ring is 1. The first-order chi connectivity index (χ1) is 25.0. The van der Waals surface area contributed by atoms with Crippen molar-refractivity contribution < 1.29 is 47.8 Å². The molecule has 4 rings (SSSR count). The van der Waals surface area contributed by atoms with Crippen molar-refractivity contribution in [1.82, 2.24) is 29.7 Å². The Morgan fingerprint density at radius 1 is 0.904 bits per heavy atom. The van der Waals surface area contributed by atoms with Crippen LogP contribution in [-0.4, -0.2) is 99.0 Å². The summed E-state index contributed by atoms with van der Waals surface area (Å²) in [6.45, 7) is 3.84. The Hall–Kier alpha value is -4.48. The number of hydrogen-bond donors (Lipinski definition) is 5. The number of hydrogen-bond acceptors (Lipinski definition) is 14. The monoisotopic (exact) mass is 743 g/mol. The minimum atomic E-state index is -4.47. The van der Waals surface area contributed by atoms with Gasteiger partial charge in [-0.05, 0) is 44.7 Å². The number of benzene rings is 2. The molecule has 0 saturated heterocycles. The molecule has 282 valence electrons. The van der Waals surface area contributed by atoms with Crippen LogP contribution in [0.2, 0.25) is 0 Å². The zero-order chi connectivity index (χ0) is 37.7. The van der Waals surface area contributed by atoms with E-state index in [0.29, 0.717) is 5.52 Å². The van der Waals surface area contributed by atoms with Crippen LogP contribution in [0, 0.1) is 0 Å². The van der Waals surface area contributed by atoms with E-state index in [4.69, 9.17) is 29.2 Å². The number of fused-ring (bicyclic) bond motifs is 1. The lowest BCUT2D eigenvalue weighted by Gasteiger charge is -2.31. The van der Waals surface area contributed by atoms with Gasteiger partial charge in [0.15, 0.2) is 11.2 Å². The number of carbonyl (C=O) groups excluding carboxylic acids is 2. The van der Waals surface area contributed by atoms with E-state index in [1.165, 1.54) is 24.9 Å². The molecule has 6 N–H and O–H groups in total. The molecule has 0 spiro atoms. The van der Waals surface area contributed by atoms with Crippen LogP contribution in [-0.2, 0) is 52.5 Å². The van der Waals surface area contributed by atoms with Gasteiger partial charge in [-0.3, -0.25) is 18.7 Å². The predicted octanol–water partition coefficient (Wildman–Crippen LogP) is 2.15. The Bertz CT molecular complexity index is 1710. The molecule has 0 bridgehead atoms. The summed E-state index contributed by atoms with van der Waals surface area (Å²) in [6, 6.07) is 15.6. The van der Waals surface area contributed by atoms with E-state index in [1.54, 1.807) is 62.4 Å². The second-order valence-corrected chi connectivity index (χ2v) is 13.5. The number of nitrogens with one attached hydrogen (secondary N) is 2. The van der Waals surface area contributed by atoms with Gasteiger partial charge in [0.2, 0.25) is 11.8 Å². The summed E-state index contributed by atoms with van der Waals surface area (Å²) in [7, 11) is -3.07. The number of aliphatic hydroxyl groups excluding tert-OH is 2. The molecule has 4 aromatic rings. The van der Waals surface area contributed by atoms with Crippen molar-refractivity contribution in [1.29, 1.82) is 0 Å². The Labute approximate surface area is 301 Å². The number of rotatable bonds is 21. The maximum atomic E-state index is 14.9. The van der Waals surface area contributed by atoms with E-state index < -0.39 is 56.6 Å². The summed E-state index contributed by atoms with van der Waals surface area (Å²) < 4.78 is 44.2. The highest BCUT2D eigenvalue weighted by molar-refractivity contribution is 7.54. The largest absolute Gasteiger partial charge is 0.479 e. The van der Waals surface area contributed by atoms with E-state index in [1.807, 2.05) is 12.1 Å². The van der Waals surface area contributed by atoms with Crippen LogP contribution in [0.15, 0.2) is 67.0 Å². The Balaban J connectivity index is 1.66. The highest BCUT2D eigenvalue weighted by atomic mass is 31.2. The molecule has 0 aliphatic rings. The maximum absolute atomic E-state index is 14.9. The smallest absolute Gasteiger partial charge is 0.342 e. The van der Waals surface area contributed by atoms with E-state index in [9.17, 15) is 24.4 Å². The molecule has 5 atom stereocenters. The van der Waals surface area contributed by atoms with Crippen LogP contribution < -0.4 is 20.6 Å². The van der Waals surface area contributed by atoms with E-state index >= 15 is 0 Å². The van der Waals surface area contributed by atoms with Crippen molar-refractivity contribution in [2.45, 2.75) is 70.7 Å². The number of aromatic nitrogens is 4. The Morgan fingerprint density at radius 3 is 1.92 bits per heavy atom. The number of anilines is 1. The SMILES string of the molecule is CCOC(=O)C(Cc1ccccc1)NP(=O)(NC(Cc1ccccc1)C(=O)OCC)OC[C@@H](OCn1cnc2c(OC)nc(N)nc21)[C@H](O)C(C)O. The summed E-state index contributed by atoms with van der Waals surface area (Å²) in [5.74, 6) is -1.37. The van der Waals surface area contributed by atoms with E-state index in [2.05, 4.69) is 25.1 Å². The lowest BCUT2D eigenvalue weighted by atomic mass is 10.1. The van der Waals surface area contributed by atoms with Crippen LogP contribution >= 0.6 is 7.67 Å². The van der Waals surface area contributed by atoms with Gasteiger partial charge >= 0.3 is 19.6 Å². The number of esters is 2. The molecule has 0 radical (unpaired) electrons. The molecule has 2 aromatic heterocycles. The average molecular weight is 744 g/mol. The van der Waals surface area contributed by atoms with Gasteiger partial charge in [0.25, 0.3) is 0 Å². The average Bonchev–Trinajstić information content (AvgIpc) is 3.54. The summed E-state index contributed by atoms with van der Waals surface area (Å²) in [5, 5.41) is 26.9. The van der Waals surface area contributed by atoms with Gasteiger partial charge in [0.05, 0.1) is 39.4 Å². The van der Waals surface area contributed by atoms with Crippen LogP contribution in [0.5, 0.6) is 5.88 Å². The normalized spacial score (nSPS) is 15.6. The lowest BCUT2D eigenvalue weighted by molar-refractivity contribution is -0.145. The summed E-state index contributed by atoms with van der Waals surface area (Å²) in [6.07, 6.45) is -2.69. The van der Waals surface area contributed by atoms with Crippen molar-refractivity contribution in [3.63, 3.8) is 0 Å². The minimum Gasteiger partial charge on any atom is -0.479 e. The molecule has 0 saturated carbocycles. The zero-order valence-corrected chi connectivity index (χ0v) is 30.3. The standard InChI is InChI=1S/C34H46N7O10P/c1-5-48-32(44)25(17-23-13-9-7-10-14-23)39-52(46,40-26(33(45)49-6-2)18-24-15-11-8-12-16-24)51-19-27(29(43)22(3)42)50-21-41-20-36-28-30(41)37-34(35)38-31(28)47-4/h7-16,20,22,25-27,29,42-43H,5-6,17-19,21H2,1-4H3,(H2,35,37,38)(H2,39,40,46)/t22?,25?,26?,27-,29-,52?/m1/s1. The maximum Gasteiger partial charge on any atom is 0.342 e. The summed E-state index contributed by atoms with van der Waals surface area (Å²) >= 11 is 0. The van der Waals surface area contributed by atoms with Gasteiger partial charge in [-0.15, -0.1) is 0 Å². The first-order valence-electron chi connectivity index (χ1n) is 16.7. The highest BCUT2D eigenvalue weighted by Crippen LogP contribution is 2.41. The number of aliphatic hydroxyl groups is 2. The van der Waals surface area contributed by atoms with Crippen molar-refractivity contribution in [3.8, 4) is 5.88 Å². The molecule has 0 amide bonds. The summed E-state index contributed by atoms with van der Waals surface area (Å²) in [4.78, 5) is 39.0. The minimum absolute atomic E-state index is 0.0473. The fourth-order valence-electron chi connectivity index (χ4n) is 5.15. The number of nitrogens with two attached hydrogens (primary N) is 1. The van der Waals surface area contributed by atoms with Crippen LogP contribution in [0.4, 0.5) is 5.95 Å². The van der Waals surface area contributed by atoms with Crippen LogP contribution in [0.25, 0.3) is 11.2 Å². The third-order valence-corrected chi connectivity index (χ3v) is 9.54. The Kier molecular flexibility index (Phi) is 15.0. The fraction of sp³-hybridized carbons (Fsp3) is 0.441. The van der Waals surface area contributed by atoms with Gasteiger partial charge in [-0.25, -0.2) is 15.2 Å². The predicted molar refractivity (Wildman–Crippen MR) is 190 cm³/mol. The lowest BCUT2D eigenvalue weighted by Crippen LogP contribution is -2.47. The molecular formula is C34H46N7O10P. The Morgan fingerprint density at radius 2 is 1.44 bits per heavy atom. The van der Waals surface area contributed by atoms with Gasteiger partial charge in [-0.1, -0.05) is 60.7 Å².